The molecule has 1 aromatic heterocycles. The zero-order valence-electron chi connectivity index (χ0n) is 15.5. The fourth-order valence-electron chi connectivity index (χ4n) is 2.67. The maximum absolute atomic E-state index is 12.6. The van der Waals surface area contributed by atoms with E-state index in [2.05, 4.69) is 23.7 Å². The van der Waals surface area contributed by atoms with Crippen molar-refractivity contribution in [1.82, 2.24) is 14.5 Å². The van der Waals surface area contributed by atoms with Crippen LogP contribution in [0.1, 0.15) is 37.2 Å². The van der Waals surface area contributed by atoms with Crippen LogP contribution >= 0.6 is 0 Å². The molecule has 1 aromatic carbocycles. The third-order valence-corrected chi connectivity index (χ3v) is 5.46. The molecule has 0 aliphatic heterocycles. The van der Waals surface area contributed by atoms with Crippen molar-refractivity contribution in [3.05, 3.63) is 47.3 Å². The molecule has 0 amide bonds. The van der Waals surface area contributed by atoms with Gasteiger partial charge in [0, 0.05) is 18.8 Å². The van der Waals surface area contributed by atoms with E-state index in [0.717, 1.165) is 18.1 Å². The molecule has 2 rings (SSSR count). The lowest BCUT2D eigenvalue weighted by Crippen LogP contribution is -2.25. The smallest absolute Gasteiger partial charge is 0.269 e. The summed E-state index contributed by atoms with van der Waals surface area (Å²) in [5.41, 5.74) is 0.506. The molecule has 0 unspecified atom stereocenters. The second kappa shape index (κ2) is 8.43. The summed E-state index contributed by atoms with van der Waals surface area (Å²) in [6.07, 6.45) is -3.29. The van der Waals surface area contributed by atoms with Crippen molar-refractivity contribution in [1.29, 1.82) is 0 Å². The minimum absolute atomic E-state index is 0.108. The minimum atomic E-state index is -4.49. The van der Waals surface area contributed by atoms with E-state index < -0.39 is 21.9 Å². The highest BCUT2D eigenvalue weighted by atomic mass is 32.2. The molecule has 0 spiro atoms. The van der Waals surface area contributed by atoms with Crippen LogP contribution in [0.15, 0.2) is 35.2 Å². The van der Waals surface area contributed by atoms with Gasteiger partial charge in [-0.2, -0.15) is 18.3 Å². The number of hydrogen-bond donors (Lipinski definition) is 1. The summed E-state index contributed by atoms with van der Waals surface area (Å²) in [7, 11) is -3.65. The van der Waals surface area contributed by atoms with E-state index in [1.807, 2.05) is 0 Å². The maximum atomic E-state index is 12.6. The fraction of sp³-hybridized carbons (Fsp3) is 0.500. The summed E-state index contributed by atoms with van der Waals surface area (Å²) in [6, 6.07) is 7.68. The van der Waals surface area contributed by atoms with Gasteiger partial charge in [0.2, 0.25) is 10.0 Å². The van der Waals surface area contributed by atoms with Crippen molar-refractivity contribution in [2.24, 2.45) is 5.92 Å². The van der Waals surface area contributed by atoms with Crippen LogP contribution in [0.4, 0.5) is 13.2 Å². The van der Waals surface area contributed by atoms with Gasteiger partial charge in [-0.1, -0.05) is 26.0 Å². The molecule has 0 bridgehead atoms. The molecular weight excluding hydrogens is 379 g/mol. The van der Waals surface area contributed by atoms with Gasteiger partial charge in [-0.3, -0.25) is 4.68 Å². The van der Waals surface area contributed by atoms with Crippen LogP contribution in [0.25, 0.3) is 0 Å². The molecule has 1 heterocycles. The number of nitrogens with zero attached hydrogens (tertiary/aromatic N) is 2. The van der Waals surface area contributed by atoms with Crippen molar-refractivity contribution in [3.8, 4) is 0 Å². The van der Waals surface area contributed by atoms with Crippen molar-refractivity contribution in [2.45, 2.75) is 51.2 Å². The standard InChI is InChI=1S/C18H24F3N3O2S/c1-13(2)11-15-5-7-16(8-6-15)27(25,26)22-9-4-10-24-14(3)12-17(23-24)18(19,20)21/h5-8,12-13,22H,4,9-11H2,1-3H3. The molecule has 0 aliphatic rings. The molecule has 0 fully saturated rings. The number of alkyl halides is 3. The monoisotopic (exact) mass is 403 g/mol. The second-order valence-corrected chi connectivity index (χ2v) is 8.65. The van der Waals surface area contributed by atoms with Gasteiger partial charge in [-0.15, -0.1) is 0 Å². The number of rotatable bonds is 8. The highest BCUT2D eigenvalue weighted by Gasteiger charge is 2.34. The van der Waals surface area contributed by atoms with Crippen molar-refractivity contribution >= 4 is 10.0 Å². The van der Waals surface area contributed by atoms with Crippen LogP contribution in [0.3, 0.4) is 0 Å². The minimum Gasteiger partial charge on any atom is -0.269 e. The van der Waals surface area contributed by atoms with Gasteiger partial charge in [0.15, 0.2) is 5.69 Å². The van der Waals surface area contributed by atoms with E-state index in [0.29, 0.717) is 18.0 Å². The molecule has 0 saturated carbocycles. The molecule has 27 heavy (non-hydrogen) atoms. The zero-order valence-corrected chi connectivity index (χ0v) is 16.4. The zero-order chi connectivity index (χ0) is 20.2. The predicted octanol–water partition coefficient (Wildman–Crippen LogP) is 3.78. The van der Waals surface area contributed by atoms with Crippen molar-refractivity contribution in [2.75, 3.05) is 6.54 Å². The Hall–Kier alpha value is -1.87. The summed E-state index contributed by atoms with van der Waals surface area (Å²) in [6.45, 7) is 6.01. The number of halogens is 3. The molecule has 1 N–H and O–H groups in total. The number of aryl methyl sites for hydroxylation is 2. The van der Waals surface area contributed by atoms with Gasteiger partial charge in [-0.25, -0.2) is 13.1 Å². The third kappa shape index (κ3) is 6.07. The van der Waals surface area contributed by atoms with Crippen molar-refractivity contribution in [3.63, 3.8) is 0 Å². The Bertz CT molecular complexity index is 857. The summed E-state index contributed by atoms with van der Waals surface area (Å²) in [5, 5.41) is 3.52. The molecule has 0 aliphatic carbocycles. The van der Waals surface area contributed by atoms with Gasteiger partial charge in [0.1, 0.15) is 0 Å². The van der Waals surface area contributed by atoms with Crippen LogP contribution in [-0.2, 0) is 29.2 Å². The Labute approximate surface area is 157 Å². The van der Waals surface area contributed by atoms with Gasteiger partial charge in [-0.05, 0) is 49.4 Å². The van der Waals surface area contributed by atoms with E-state index in [4.69, 9.17) is 0 Å². The maximum Gasteiger partial charge on any atom is 0.435 e. The predicted molar refractivity (Wildman–Crippen MR) is 96.8 cm³/mol. The highest BCUT2D eigenvalue weighted by Crippen LogP contribution is 2.28. The van der Waals surface area contributed by atoms with Crippen LogP contribution in [0.5, 0.6) is 0 Å². The highest BCUT2D eigenvalue weighted by molar-refractivity contribution is 7.89. The first-order valence-electron chi connectivity index (χ1n) is 8.69. The summed E-state index contributed by atoms with van der Waals surface area (Å²) < 4.78 is 66.2. The lowest BCUT2D eigenvalue weighted by atomic mass is 10.0. The summed E-state index contributed by atoms with van der Waals surface area (Å²) in [5.74, 6) is 0.481. The molecule has 0 radical (unpaired) electrons. The first-order chi connectivity index (χ1) is 12.5. The molecule has 9 heteroatoms. The van der Waals surface area contributed by atoms with Crippen LogP contribution < -0.4 is 4.72 Å². The van der Waals surface area contributed by atoms with E-state index in [1.54, 1.807) is 24.3 Å². The van der Waals surface area contributed by atoms with E-state index in [1.165, 1.54) is 11.6 Å². The van der Waals surface area contributed by atoms with Crippen LogP contribution in [-0.4, -0.2) is 24.7 Å². The number of hydrogen-bond acceptors (Lipinski definition) is 3. The Morgan fingerprint density at radius 1 is 1.19 bits per heavy atom. The third-order valence-electron chi connectivity index (χ3n) is 3.99. The average molecular weight is 403 g/mol. The lowest BCUT2D eigenvalue weighted by molar-refractivity contribution is -0.141. The average Bonchev–Trinajstić information content (AvgIpc) is 2.93. The molecule has 2 aromatic rings. The quantitative estimate of drug-likeness (QED) is 0.683. The van der Waals surface area contributed by atoms with E-state index in [9.17, 15) is 21.6 Å². The number of benzene rings is 1. The Balaban J connectivity index is 1.90. The first-order valence-corrected chi connectivity index (χ1v) is 10.2. The summed E-state index contributed by atoms with van der Waals surface area (Å²) >= 11 is 0. The first kappa shape index (κ1) is 21.4. The molecule has 0 atom stereocenters. The SMILES string of the molecule is Cc1cc(C(F)(F)F)nn1CCCNS(=O)(=O)c1ccc(CC(C)C)cc1. The fourth-order valence-corrected chi connectivity index (χ4v) is 3.74. The second-order valence-electron chi connectivity index (χ2n) is 6.89. The van der Waals surface area contributed by atoms with Gasteiger partial charge < -0.3 is 0 Å². The summed E-state index contributed by atoms with van der Waals surface area (Å²) in [4.78, 5) is 0.171. The van der Waals surface area contributed by atoms with Gasteiger partial charge in [0.05, 0.1) is 4.90 Å². The van der Waals surface area contributed by atoms with Gasteiger partial charge >= 0.3 is 6.18 Å². The Kier molecular flexibility index (Phi) is 6.69. The topological polar surface area (TPSA) is 64.0 Å². The molecule has 5 nitrogen and oxygen atoms in total. The van der Waals surface area contributed by atoms with Crippen LogP contribution in [0.2, 0.25) is 0 Å². The Morgan fingerprint density at radius 2 is 1.81 bits per heavy atom. The van der Waals surface area contributed by atoms with Crippen LogP contribution in [0, 0.1) is 12.8 Å². The van der Waals surface area contributed by atoms with E-state index >= 15 is 0 Å². The van der Waals surface area contributed by atoms with Gasteiger partial charge in [0.25, 0.3) is 0 Å². The number of nitrogens with one attached hydrogen (secondary N) is 1. The normalized spacial score (nSPS) is 12.7. The molecule has 0 saturated heterocycles. The number of sulfonamides is 1. The van der Waals surface area contributed by atoms with E-state index in [-0.39, 0.29) is 18.0 Å². The van der Waals surface area contributed by atoms with Crippen molar-refractivity contribution < 1.29 is 21.6 Å². The number of aromatic nitrogens is 2. The molecular formula is C18H24F3N3O2S. The lowest BCUT2D eigenvalue weighted by Gasteiger charge is -2.09. The Morgan fingerprint density at radius 3 is 2.33 bits per heavy atom. The molecule has 150 valence electrons. The largest absolute Gasteiger partial charge is 0.435 e.